The van der Waals surface area contributed by atoms with Crippen molar-refractivity contribution in [2.24, 2.45) is 5.73 Å². The molecule has 3 rings (SSSR count). The monoisotopic (exact) mass is 298 g/mol. The first-order valence-electron chi connectivity index (χ1n) is 7.34. The Hall–Kier alpha value is -2.63. The Kier molecular flexibility index (Phi) is 3.66. The van der Waals surface area contributed by atoms with Crippen molar-refractivity contribution in [2.45, 2.75) is 31.2 Å². The van der Waals surface area contributed by atoms with E-state index in [2.05, 4.69) is 15.3 Å². The smallest absolute Gasteiger partial charge is 0.252 e. The molecule has 0 bridgehead atoms. The maximum absolute atomic E-state index is 12.7. The van der Waals surface area contributed by atoms with Gasteiger partial charge in [0.15, 0.2) is 0 Å². The molecule has 1 heterocycles. The molecule has 0 unspecified atom stereocenters. The summed E-state index contributed by atoms with van der Waals surface area (Å²) in [6, 6.07) is 7.16. The van der Waals surface area contributed by atoms with Crippen molar-refractivity contribution in [3.8, 4) is 11.4 Å². The van der Waals surface area contributed by atoms with Crippen LogP contribution in [0.15, 0.2) is 36.7 Å². The van der Waals surface area contributed by atoms with Crippen LogP contribution in [-0.4, -0.2) is 27.3 Å². The first-order valence-corrected chi connectivity index (χ1v) is 7.34. The number of aromatic nitrogens is 2. The molecule has 2 aromatic rings. The number of hydrogen-bond acceptors (Lipinski definition) is 3. The fourth-order valence-electron chi connectivity index (χ4n) is 3.00. The van der Waals surface area contributed by atoms with E-state index in [0.717, 1.165) is 12.8 Å². The van der Waals surface area contributed by atoms with Gasteiger partial charge in [-0.15, -0.1) is 0 Å². The van der Waals surface area contributed by atoms with E-state index in [4.69, 9.17) is 5.73 Å². The molecule has 1 aliphatic rings. The van der Waals surface area contributed by atoms with Gasteiger partial charge in [0.25, 0.3) is 5.91 Å². The van der Waals surface area contributed by atoms with Crippen LogP contribution in [0.2, 0.25) is 0 Å². The second kappa shape index (κ2) is 5.63. The lowest BCUT2D eigenvalue weighted by Gasteiger charge is -2.27. The van der Waals surface area contributed by atoms with Gasteiger partial charge in [0.2, 0.25) is 5.91 Å². The van der Waals surface area contributed by atoms with Crippen LogP contribution >= 0.6 is 0 Å². The number of rotatable bonds is 4. The summed E-state index contributed by atoms with van der Waals surface area (Å²) in [7, 11) is 0. The van der Waals surface area contributed by atoms with Crippen LogP contribution in [0.5, 0.6) is 0 Å². The number of nitrogens with two attached hydrogens (primary N) is 1. The summed E-state index contributed by atoms with van der Waals surface area (Å²) in [5.74, 6) is -0.146. The second-order valence-electron chi connectivity index (χ2n) is 5.59. The van der Waals surface area contributed by atoms with E-state index >= 15 is 0 Å². The number of benzene rings is 1. The highest BCUT2D eigenvalue weighted by Gasteiger charge is 2.41. The fourth-order valence-corrected chi connectivity index (χ4v) is 3.00. The molecule has 6 nitrogen and oxygen atoms in total. The zero-order valence-corrected chi connectivity index (χ0v) is 12.1. The standard InChI is InChI=1S/C16H18N4O2/c17-15(22)16(7-3-4-8-16)20-14(21)12-6-2-1-5-11(12)13-18-9-10-19-13/h1-2,5-6,9-10H,3-4,7-8H2,(H2,17,22)(H,18,19)(H,20,21). The van der Waals surface area contributed by atoms with Crippen molar-refractivity contribution in [2.75, 3.05) is 0 Å². The number of H-pyrrole nitrogens is 1. The predicted octanol–water partition coefficient (Wildman–Crippen LogP) is 1.60. The molecule has 1 aromatic carbocycles. The van der Waals surface area contributed by atoms with E-state index in [-0.39, 0.29) is 5.91 Å². The normalized spacial score (nSPS) is 16.4. The number of nitrogens with one attached hydrogen (secondary N) is 2. The molecule has 0 radical (unpaired) electrons. The summed E-state index contributed by atoms with van der Waals surface area (Å²) < 4.78 is 0. The van der Waals surface area contributed by atoms with E-state index in [1.165, 1.54) is 0 Å². The Morgan fingerprint density at radius 2 is 1.95 bits per heavy atom. The summed E-state index contributed by atoms with van der Waals surface area (Å²) in [6.07, 6.45) is 6.30. The molecule has 1 aromatic heterocycles. The Balaban J connectivity index is 1.92. The quantitative estimate of drug-likeness (QED) is 0.799. The SMILES string of the molecule is NC(=O)C1(NC(=O)c2ccccc2-c2ncc[nH]2)CCCC1. The molecular weight excluding hydrogens is 280 g/mol. The summed E-state index contributed by atoms with van der Waals surface area (Å²) in [6.45, 7) is 0. The minimum atomic E-state index is -0.923. The first kappa shape index (κ1) is 14.3. The van der Waals surface area contributed by atoms with Gasteiger partial charge < -0.3 is 16.0 Å². The van der Waals surface area contributed by atoms with Gasteiger partial charge in [-0.3, -0.25) is 9.59 Å². The van der Waals surface area contributed by atoms with Gasteiger partial charge in [0, 0.05) is 18.0 Å². The number of primary amides is 1. The number of nitrogens with zero attached hydrogens (tertiary/aromatic N) is 1. The highest BCUT2D eigenvalue weighted by Crippen LogP contribution is 2.30. The second-order valence-corrected chi connectivity index (χ2v) is 5.59. The van der Waals surface area contributed by atoms with Gasteiger partial charge >= 0.3 is 0 Å². The number of carbonyl (C=O) groups excluding carboxylic acids is 2. The van der Waals surface area contributed by atoms with E-state index in [1.807, 2.05) is 12.1 Å². The Morgan fingerprint density at radius 3 is 2.59 bits per heavy atom. The van der Waals surface area contributed by atoms with Crippen LogP contribution in [-0.2, 0) is 4.79 Å². The third kappa shape index (κ3) is 2.47. The molecule has 114 valence electrons. The lowest BCUT2D eigenvalue weighted by atomic mass is 9.95. The zero-order chi connectivity index (χ0) is 15.6. The van der Waals surface area contributed by atoms with Crippen molar-refractivity contribution in [3.05, 3.63) is 42.2 Å². The largest absolute Gasteiger partial charge is 0.368 e. The number of imidazole rings is 1. The van der Waals surface area contributed by atoms with Crippen LogP contribution in [0, 0.1) is 0 Å². The van der Waals surface area contributed by atoms with E-state index in [9.17, 15) is 9.59 Å². The molecule has 1 aliphatic carbocycles. The molecule has 0 atom stereocenters. The summed E-state index contributed by atoms with van der Waals surface area (Å²) >= 11 is 0. The average Bonchev–Trinajstić information content (AvgIpc) is 3.19. The molecule has 1 saturated carbocycles. The molecular formula is C16H18N4O2. The molecule has 0 aliphatic heterocycles. The highest BCUT2D eigenvalue weighted by atomic mass is 16.2. The van der Waals surface area contributed by atoms with Crippen molar-refractivity contribution < 1.29 is 9.59 Å². The lowest BCUT2D eigenvalue weighted by Crippen LogP contribution is -2.55. The van der Waals surface area contributed by atoms with Gasteiger partial charge in [0.1, 0.15) is 11.4 Å². The topological polar surface area (TPSA) is 101 Å². The minimum absolute atomic E-state index is 0.298. The number of hydrogen-bond donors (Lipinski definition) is 3. The van der Waals surface area contributed by atoms with E-state index in [0.29, 0.717) is 29.8 Å². The highest BCUT2D eigenvalue weighted by molar-refractivity contribution is 6.03. The van der Waals surface area contributed by atoms with Crippen molar-refractivity contribution >= 4 is 11.8 Å². The van der Waals surface area contributed by atoms with Crippen LogP contribution < -0.4 is 11.1 Å². The molecule has 2 amide bonds. The molecule has 1 fully saturated rings. The van der Waals surface area contributed by atoms with Crippen LogP contribution in [0.4, 0.5) is 0 Å². The van der Waals surface area contributed by atoms with Crippen LogP contribution in [0.3, 0.4) is 0 Å². The van der Waals surface area contributed by atoms with Gasteiger partial charge in [-0.05, 0) is 18.9 Å². The van der Waals surface area contributed by atoms with Crippen molar-refractivity contribution in [1.82, 2.24) is 15.3 Å². The summed E-state index contributed by atoms with van der Waals surface area (Å²) in [5.41, 5.74) is 5.77. The fraction of sp³-hybridized carbons (Fsp3) is 0.312. The van der Waals surface area contributed by atoms with Gasteiger partial charge in [-0.1, -0.05) is 31.0 Å². The first-order chi connectivity index (χ1) is 10.6. The Bertz CT molecular complexity index is 688. The Labute approximate surface area is 128 Å². The maximum atomic E-state index is 12.7. The van der Waals surface area contributed by atoms with Crippen molar-refractivity contribution in [3.63, 3.8) is 0 Å². The van der Waals surface area contributed by atoms with E-state index in [1.54, 1.807) is 24.5 Å². The Morgan fingerprint density at radius 1 is 1.23 bits per heavy atom. The van der Waals surface area contributed by atoms with Gasteiger partial charge in [0.05, 0.1) is 5.56 Å². The third-order valence-electron chi connectivity index (χ3n) is 4.21. The summed E-state index contributed by atoms with van der Waals surface area (Å²) in [5, 5.41) is 2.86. The maximum Gasteiger partial charge on any atom is 0.252 e. The minimum Gasteiger partial charge on any atom is -0.368 e. The molecule has 0 saturated heterocycles. The number of carbonyl (C=O) groups is 2. The lowest BCUT2D eigenvalue weighted by molar-refractivity contribution is -0.123. The third-order valence-corrected chi connectivity index (χ3v) is 4.21. The predicted molar refractivity (Wildman–Crippen MR) is 81.9 cm³/mol. The average molecular weight is 298 g/mol. The molecule has 0 spiro atoms. The van der Waals surface area contributed by atoms with Gasteiger partial charge in [-0.25, -0.2) is 4.98 Å². The van der Waals surface area contributed by atoms with Gasteiger partial charge in [-0.2, -0.15) is 0 Å². The molecule has 4 N–H and O–H groups in total. The molecule has 22 heavy (non-hydrogen) atoms. The number of amides is 2. The van der Waals surface area contributed by atoms with E-state index < -0.39 is 11.4 Å². The summed E-state index contributed by atoms with van der Waals surface area (Å²) in [4.78, 5) is 31.6. The zero-order valence-electron chi connectivity index (χ0n) is 12.1. The molecule has 6 heteroatoms. The van der Waals surface area contributed by atoms with Crippen LogP contribution in [0.25, 0.3) is 11.4 Å². The van der Waals surface area contributed by atoms with Crippen molar-refractivity contribution in [1.29, 1.82) is 0 Å². The number of aromatic amines is 1. The van der Waals surface area contributed by atoms with Crippen LogP contribution in [0.1, 0.15) is 36.0 Å².